The molecule has 0 saturated carbocycles. The number of rotatable bonds is 3. The summed E-state index contributed by atoms with van der Waals surface area (Å²) in [6, 6.07) is 4.26. The van der Waals surface area contributed by atoms with Gasteiger partial charge in [-0.1, -0.05) is 6.07 Å². The predicted octanol–water partition coefficient (Wildman–Crippen LogP) is -6.02. The Bertz CT molecular complexity index is 302. The normalized spacial score (nSPS) is 10.4. The molecule has 0 aromatic heterocycles. The zero-order valence-corrected chi connectivity index (χ0v) is 12.5. The summed E-state index contributed by atoms with van der Waals surface area (Å²) in [4.78, 5) is 0. The van der Waals surface area contributed by atoms with Crippen LogP contribution in [0.1, 0.15) is 11.7 Å². The van der Waals surface area contributed by atoms with Gasteiger partial charge in [0.2, 0.25) is 0 Å². The van der Waals surface area contributed by atoms with Gasteiger partial charge in [0.1, 0.15) is 0 Å². The molecule has 0 heterocycles. The summed E-state index contributed by atoms with van der Waals surface area (Å²) in [6.07, 6.45) is -0.670. The third kappa shape index (κ3) is 6.35. The van der Waals surface area contributed by atoms with Crippen molar-refractivity contribution < 1.29 is 40.1 Å². The molecular formula is C9H13CaCl2NO3. The van der Waals surface area contributed by atoms with Crippen LogP contribution >= 0.6 is 0 Å². The Balaban J connectivity index is -0.000000563. The quantitative estimate of drug-likeness (QED) is 0.331. The maximum Gasteiger partial charge on any atom is 2.00 e. The molecule has 4 nitrogen and oxygen atoms in total. The minimum Gasteiger partial charge on any atom is -1.00 e. The maximum absolute atomic E-state index is 9.48. The van der Waals surface area contributed by atoms with Gasteiger partial charge in [-0.15, -0.1) is 0 Å². The third-order valence-electron chi connectivity index (χ3n) is 1.78. The van der Waals surface area contributed by atoms with Gasteiger partial charge in [-0.2, -0.15) is 0 Å². The molecule has 1 atom stereocenters. The Morgan fingerprint density at radius 3 is 2.19 bits per heavy atom. The zero-order valence-electron chi connectivity index (χ0n) is 8.82. The van der Waals surface area contributed by atoms with Gasteiger partial charge in [-0.05, 0) is 24.7 Å². The molecule has 0 spiro atoms. The number of phenols is 2. The van der Waals surface area contributed by atoms with Gasteiger partial charge in [-0.25, -0.2) is 0 Å². The van der Waals surface area contributed by atoms with Crippen molar-refractivity contribution in [3.05, 3.63) is 23.8 Å². The van der Waals surface area contributed by atoms with E-state index < -0.39 is 6.10 Å². The van der Waals surface area contributed by atoms with E-state index >= 15 is 0 Å². The number of hydrogen-bond donors (Lipinski definition) is 4. The van der Waals surface area contributed by atoms with Crippen molar-refractivity contribution in [3.63, 3.8) is 0 Å². The molecule has 1 aromatic rings. The Labute approximate surface area is 137 Å². The molecule has 0 amide bonds. The van der Waals surface area contributed by atoms with Crippen molar-refractivity contribution in [1.29, 1.82) is 0 Å². The third-order valence-corrected chi connectivity index (χ3v) is 1.78. The smallest absolute Gasteiger partial charge is 1.00 e. The van der Waals surface area contributed by atoms with Gasteiger partial charge < -0.3 is 45.5 Å². The summed E-state index contributed by atoms with van der Waals surface area (Å²) in [5.74, 6) is -0.395. The number of hydrogen-bond acceptors (Lipinski definition) is 4. The molecule has 0 fully saturated rings. The zero-order chi connectivity index (χ0) is 9.84. The second-order valence-electron chi connectivity index (χ2n) is 2.82. The molecule has 0 unspecified atom stereocenters. The number of halogens is 2. The maximum atomic E-state index is 9.48. The first-order valence-electron chi connectivity index (χ1n) is 3.99. The summed E-state index contributed by atoms with van der Waals surface area (Å²) in [5, 5.41) is 30.4. The molecule has 0 aliphatic heterocycles. The van der Waals surface area contributed by atoms with E-state index in [1.807, 2.05) is 0 Å². The van der Waals surface area contributed by atoms with Crippen LogP contribution in [0.2, 0.25) is 0 Å². The molecule has 4 N–H and O–H groups in total. The largest absolute Gasteiger partial charge is 2.00 e. The van der Waals surface area contributed by atoms with Crippen LogP contribution in [0.5, 0.6) is 11.5 Å². The number of aromatic hydroxyl groups is 2. The van der Waals surface area contributed by atoms with Crippen LogP contribution < -0.4 is 30.1 Å². The fourth-order valence-electron chi connectivity index (χ4n) is 1.06. The monoisotopic (exact) mass is 293 g/mol. The molecule has 1 rings (SSSR count). The summed E-state index contributed by atoms with van der Waals surface area (Å²) in [7, 11) is 1.73. The molecule has 1 aromatic carbocycles. The van der Waals surface area contributed by atoms with Crippen molar-refractivity contribution in [1.82, 2.24) is 5.32 Å². The van der Waals surface area contributed by atoms with Crippen molar-refractivity contribution in [2.45, 2.75) is 6.10 Å². The van der Waals surface area contributed by atoms with Gasteiger partial charge in [0.05, 0.1) is 6.10 Å². The molecule has 0 aliphatic carbocycles. The van der Waals surface area contributed by atoms with E-state index in [2.05, 4.69) is 5.32 Å². The van der Waals surface area contributed by atoms with Crippen LogP contribution in [0.15, 0.2) is 18.2 Å². The average Bonchev–Trinajstić information content (AvgIpc) is 2.10. The van der Waals surface area contributed by atoms with Crippen molar-refractivity contribution in [2.24, 2.45) is 0 Å². The topological polar surface area (TPSA) is 72.7 Å². The molecular weight excluding hydrogens is 281 g/mol. The summed E-state index contributed by atoms with van der Waals surface area (Å²) < 4.78 is 0. The van der Waals surface area contributed by atoms with E-state index in [4.69, 9.17) is 10.2 Å². The van der Waals surface area contributed by atoms with Gasteiger partial charge in [0.15, 0.2) is 11.5 Å². The van der Waals surface area contributed by atoms with Crippen molar-refractivity contribution in [3.8, 4) is 11.5 Å². The standard InChI is InChI=1S/C9H13NO3.Ca.2ClH/c1-10-5-9(13)6-2-3-7(11)8(12)4-6;;;/h2-4,9-13H,5H2,1H3;;2*1H/q;+2;;/p-2/t9-;;;/m0.../s1. The minimum absolute atomic E-state index is 0. The Kier molecular flexibility index (Phi) is 14.6. The number of nitrogens with one attached hydrogen (secondary N) is 1. The van der Waals surface area contributed by atoms with Crippen LogP contribution in [0.3, 0.4) is 0 Å². The van der Waals surface area contributed by atoms with E-state index in [1.54, 1.807) is 13.1 Å². The second kappa shape index (κ2) is 10.7. The van der Waals surface area contributed by atoms with Crippen LogP contribution in [0.25, 0.3) is 0 Å². The molecule has 0 radical (unpaired) electrons. The fraction of sp³-hybridized carbons (Fsp3) is 0.333. The summed E-state index contributed by atoms with van der Waals surface area (Å²) in [5.41, 5.74) is 0.574. The Hall–Kier alpha value is 0.580. The number of aliphatic hydroxyl groups excluding tert-OH is 1. The number of aliphatic hydroxyl groups is 1. The van der Waals surface area contributed by atoms with E-state index in [1.165, 1.54) is 12.1 Å². The predicted molar refractivity (Wildman–Crippen MR) is 54.4 cm³/mol. The van der Waals surface area contributed by atoms with Gasteiger partial charge in [-0.3, -0.25) is 0 Å². The molecule has 0 bridgehead atoms. The Morgan fingerprint density at radius 2 is 1.75 bits per heavy atom. The van der Waals surface area contributed by atoms with E-state index in [0.717, 1.165) is 0 Å². The van der Waals surface area contributed by atoms with Gasteiger partial charge in [0, 0.05) is 6.54 Å². The molecule has 88 valence electrons. The average molecular weight is 294 g/mol. The first kappa shape index (κ1) is 21.8. The SMILES string of the molecule is CNC[C@H](O)c1ccc(O)c(O)c1.[Ca+2].[Cl-].[Cl-]. The molecule has 0 aliphatic rings. The van der Waals surface area contributed by atoms with Crippen LogP contribution in [-0.4, -0.2) is 66.7 Å². The van der Waals surface area contributed by atoms with Crippen LogP contribution in [-0.2, 0) is 0 Å². The van der Waals surface area contributed by atoms with Crippen LogP contribution in [0.4, 0.5) is 0 Å². The van der Waals surface area contributed by atoms with Crippen molar-refractivity contribution in [2.75, 3.05) is 13.6 Å². The first-order chi connectivity index (χ1) is 6.15. The number of phenolic OH excluding ortho intramolecular Hbond substituents is 2. The van der Waals surface area contributed by atoms with Gasteiger partial charge in [0.25, 0.3) is 0 Å². The van der Waals surface area contributed by atoms with E-state index in [0.29, 0.717) is 12.1 Å². The molecule has 7 heteroatoms. The summed E-state index contributed by atoms with van der Waals surface area (Å²) >= 11 is 0. The molecule has 0 saturated heterocycles. The second-order valence-corrected chi connectivity index (χ2v) is 2.82. The van der Waals surface area contributed by atoms with E-state index in [-0.39, 0.29) is 74.1 Å². The number of benzene rings is 1. The van der Waals surface area contributed by atoms with E-state index in [9.17, 15) is 5.11 Å². The molecule has 16 heavy (non-hydrogen) atoms. The van der Waals surface area contributed by atoms with Crippen molar-refractivity contribution >= 4 is 37.7 Å². The first-order valence-corrected chi connectivity index (χ1v) is 3.99. The van der Waals surface area contributed by atoms with Crippen LogP contribution in [0, 0.1) is 0 Å². The number of likely N-dealkylation sites (N-methyl/N-ethyl adjacent to an activating group) is 1. The minimum atomic E-state index is -0.670. The van der Waals surface area contributed by atoms with Gasteiger partial charge >= 0.3 is 37.7 Å². The summed E-state index contributed by atoms with van der Waals surface area (Å²) in [6.45, 7) is 0.407. The fourth-order valence-corrected chi connectivity index (χ4v) is 1.06. The Morgan fingerprint density at radius 1 is 1.19 bits per heavy atom.